The Morgan fingerprint density at radius 2 is 1.59 bits per heavy atom. The van der Waals surface area contributed by atoms with Gasteiger partial charge in [-0.1, -0.05) is 54.1 Å². The second kappa shape index (κ2) is 9.29. The highest BCUT2D eigenvalue weighted by Gasteiger charge is 2.45. The molecule has 1 atom stereocenters. The molecular weight excluding hydrogens is 386 g/mol. The number of aliphatic carboxylic acids is 2. The van der Waals surface area contributed by atoms with E-state index < -0.39 is 11.9 Å². The Bertz CT molecular complexity index is 885. The molecule has 1 unspecified atom stereocenters. The number of nitrogens with one attached hydrogen (secondary N) is 1. The fourth-order valence-corrected chi connectivity index (χ4v) is 5.67. The summed E-state index contributed by atoms with van der Waals surface area (Å²) in [5, 5.41) is 19.6. The summed E-state index contributed by atoms with van der Waals surface area (Å²) in [6, 6.07) is 18.2. The molecule has 0 aliphatic carbocycles. The number of aryl methyl sites for hydroxylation is 1. The van der Waals surface area contributed by atoms with Gasteiger partial charge in [0.25, 0.3) is 0 Å². The van der Waals surface area contributed by atoms with Crippen molar-refractivity contribution in [2.24, 2.45) is 0 Å². The Morgan fingerprint density at radius 3 is 2.17 bits per heavy atom. The van der Waals surface area contributed by atoms with E-state index in [1.807, 2.05) is 0 Å². The summed E-state index contributed by atoms with van der Waals surface area (Å²) in [7, 11) is 0. The van der Waals surface area contributed by atoms with Crippen molar-refractivity contribution in [3.05, 3.63) is 82.9 Å². The molecule has 1 fully saturated rings. The van der Waals surface area contributed by atoms with Gasteiger partial charge in [0.05, 0.1) is 5.25 Å². The summed E-state index contributed by atoms with van der Waals surface area (Å²) in [6.07, 6.45) is 3.61. The zero-order chi connectivity index (χ0) is 20.9. The maximum atomic E-state index is 9.55. The Labute approximate surface area is 174 Å². The van der Waals surface area contributed by atoms with Crippen LogP contribution in [0.1, 0.15) is 40.3 Å². The maximum absolute atomic E-state index is 9.55. The highest BCUT2D eigenvalue weighted by Crippen LogP contribution is 2.60. The van der Waals surface area contributed by atoms with Crippen LogP contribution in [0.2, 0.25) is 0 Å². The van der Waals surface area contributed by atoms with Crippen molar-refractivity contribution >= 4 is 23.7 Å². The van der Waals surface area contributed by atoms with Crippen LogP contribution in [0.3, 0.4) is 0 Å². The highest BCUT2D eigenvalue weighted by molar-refractivity contribution is 8.01. The van der Waals surface area contributed by atoms with E-state index >= 15 is 0 Å². The Kier molecular flexibility index (Phi) is 6.77. The summed E-state index contributed by atoms with van der Waals surface area (Å²) in [4.78, 5) is 19.1. The number of carboxylic acid groups (broad SMARTS) is 2. The van der Waals surface area contributed by atoms with Crippen molar-refractivity contribution < 1.29 is 19.8 Å². The van der Waals surface area contributed by atoms with Crippen molar-refractivity contribution in [3.8, 4) is 0 Å². The van der Waals surface area contributed by atoms with Crippen LogP contribution in [-0.4, -0.2) is 35.2 Å². The first-order valence-electron chi connectivity index (χ1n) is 9.60. The molecule has 1 spiro atoms. The van der Waals surface area contributed by atoms with Gasteiger partial charge < -0.3 is 15.5 Å². The number of fused-ring (bicyclic) bond motifs is 2. The van der Waals surface area contributed by atoms with Crippen molar-refractivity contribution in [3.63, 3.8) is 0 Å². The average Bonchev–Trinajstić information content (AvgIpc) is 3.02. The monoisotopic (exact) mass is 411 g/mol. The lowest BCUT2D eigenvalue weighted by molar-refractivity contribution is -0.134. The maximum Gasteiger partial charge on any atom is 0.328 e. The molecule has 29 heavy (non-hydrogen) atoms. The summed E-state index contributed by atoms with van der Waals surface area (Å²) in [5.41, 5.74) is 5.91. The van der Waals surface area contributed by atoms with Gasteiger partial charge in [0.2, 0.25) is 0 Å². The third-order valence-corrected chi connectivity index (χ3v) is 7.08. The number of carboxylic acids is 2. The van der Waals surface area contributed by atoms with E-state index in [2.05, 4.69) is 72.5 Å². The molecule has 2 aromatic carbocycles. The smallest absolute Gasteiger partial charge is 0.328 e. The van der Waals surface area contributed by atoms with Crippen molar-refractivity contribution in [1.29, 1.82) is 0 Å². The number of rotatable bonds is 3. The molecule has 2 aliphatic heterocycles. The molecule has 3 N–H and O–H groups in total. The first kappa shape index (κ1) is 21.1. The number of benzene rings is 2. The first-order chi connectivity index (χ1) is 13.9. The van der Waals surface area contributed by atoms with Gasteiger partial charge in [-0.15, -0.1) is 11.8 Å². The SMILES string of the molecule is Cc1ccc(C2SC3(CCNCC3)c3ccccc32)cc1.O=C(O)/C=C\C(=O)O. The van der Waals surface area contributed by atoms with Crippen LogP contribution in [0, 0.1) is 6.92 Å². The molecule has 2 heterocycles. The van der Waals surface area contributed by atoms with E-state index in [-0.39, 0.29) is 0 Å². The number of piperidine rings is 1. The number of thioether (sulfide) groups is 1. The predicted octanol–water partition coefficient (Wildman–Crippen LogP) is 4.12. The zero-order valence-electron chi connectivity index (χ0n) is 16.3. The van der Waals surface area contributed by atoms with Crippen LogP contribution in [0.4, 0.5) is 0 Å². The molecule has 6 heteroatoms. The lowest BCUT2D eigenvalue weighted by atomic mass is 9.85. The molecule has 0 amide bonds. The Balaban J connectivity index is 0.000000258. The van der Waals surface area contributed by atoms with Crippen molar-refractivity contribution in [2.75, 3.05) is 13.1 Å². The molecule has 0 bridgehead atoms. The Morgan fingerprint density at radius 1 is 1.00 bits per heavy atom. The molecule has 4 rings (SSSR count). The number of carbonyl (C=O) groups is 2. The van der Waals surface area contributed by atoms with Crippen LogP contribution in [-0.2, 0) is 14.3 Å². The molecule has 0 radical (unpaired) electrons. The molecule has 0 aromatic heterocycles. The van der Waals surface area contributed by atoms with Gasteiger partial charge in [0.15, 0.2) is 0 Å². The van der Waals surface area contributed by atoms with E-state index in [1.54, 1.807) is 5.56 Å². The van der Waals surface area contributed by atoms with Crippen LogP contribution < -0.4 is 5.32 Å². The first-order valence-corrected chi connectivity index (χ1v) is 10.5. The number of hydrogen-bond acceptors (Lipinski definition) is 4. The molecule has 0 saturated carbocycles. The van der Waals surface area contributed by atoms with E-state index in [9.17, 15) is 9.59 Å². The topological polar surface area (TPSA) is 86.6 Å². The predicted molar refractivity (Wildman–Crippen MR) is 115 cm³/mol. The standard InChI is InChI=1S/C19H21NS.C4H4O4/c1-14-6-8-15(9-7-14)18-16-4-2-3-5-17(16)19(21-18)10-12-20-13-11-19;5-3(6)1-2-4(7)8/h2-9,18,20H,10-13H2,1H3;1-2H,(H,5,6)(H,7,8)/b;2-1-. The summed E-state index contributed by atoms with van der Waals surface area (Å²) in [5.74, 6) is -2.51. The Hall–Kier alpha value is -2.57. The summed E-state index contributed by atoms with van der Waals surface area (Å²) >= 11 is 2.18. The fraction of sp³-hybridized carbons (Fsp3) is 0.304. The van der Waals surface area contributed by atoms with Gasteiger partial charge in [0.1, 0.15) is 0 Å². The molecule has 2 aromatic rings. The summed E-state index contributed by atoms with van der Waals surface area (Å²) in [6.45, 7) is 4.44. The minimum absolute atomic E-state index is 0.331. The van der Waals surface area contributed by atoms with Gasteiger partial charge in [-0.05, 0) is 49.5 Å². The van der Waals surface area contributed by atoms with E-state index in [0.717, 1.165) is 13.1 Å². The third-order valence-electron chi connectivity index (χ3n) is 5.24. The average molecular weight is 412 g/mol. The third kappa shape index (κ3) is 5.08. The van der Waals surface area contributed by atoms with Crippen LogP contribution in [0.25, 0.3) is 0 Å². The van der Waals surface area contributed by atoms with Crippen LogP contribution in [0.5, 0.6) is 0 Å². The van der Waals surface area contributed by atoms with Gasteiger partial charge in [-0.3, -0.25) is 0 Å². The molecule has 152 valence electrons. The number of hydrogen-bond donors (Lipinski definition) is 3. The molecule has 2 aliphatic rings. The van der Waals surface area contributed by atoms with Gasteiger partial charge in [-0.2, -0.15) is 0 Å². The quantitative estimate of drug-likeness (QED) is 0.659. The van der Waals surface area contributed by atoms with E-state index in [1.165, 1.54) is 29.5 Å². The minimum Gasteiger partial charge on any atom is -0.478 e. The normalized spacial score (nSPS) is 19.4. The largest absolute Gasteiger partial charge is 0.478 e. The van der Waals surface area contributed by atoms with E-state index in [4.69, 9.17) is 10.2 Å². The van der Waals surface area contributed by atoms with Crippen LogP contribution >= 0.6 is 11.8 Å². The van der Waals surface area contributed by atoms with Gasteiger partial charge in [-0.25, -0.2) is 9.59 Å². The van der Waals surface area contributed by atoms with Gasteiger partial charge >= 0.3 is 11.9 Å². The second-order valence-corrected chi connectivity index (χ2v) is 8.74. The van der Waals surface area contributed by atoms with Gasteiger partial charge in [0, 0.05) is 16.9 Å². The fourth-order valence-electron chi connectivity index (χ4n) is 3.84. The van der Waals surface area contributed by atoms with Crippen molar-refractivity contribution in [1.82, 2.24) is 5.32 Å². The molecule has 5 nitrogen and oxygen atoms in total. The minimum atomic E-state index is -1.26. The molecular formula is C23H25NO4S. The van der Waals surface area contributed by atoms with Crippen molar-refractivity contribution in [2.45, 2.75) is 29.8 Å². The highest BCUT2D eigenvalue weighted by atomic mass is 32.2. The summed E-state index contributed by atoms with van der Waals surface area (Å²) < 4.78 is 0.331. The molecule has 1 saturated heterocycles. The second-order valence-electron chi connectivity index (χ2n) is 7.25. The van der Waals surface area contributed by atoms with E-state index in [0.29, 0.717) is 22.1 Å². The van der Waals surface area contributed by atoms with Crippen LogP contribution in [0.15, 0.2) is 60.7 Å². The zero-order valence-corrected chi connectivity index (χ0v) is 17.1. The lowest BCUT2D eigenvalue weighted by Gasteiger charge is -2.34. The lowest BCUT2D eigenvalue weighted by Crippen LogP contribution is -2.36.